The summed E-state index contributed by atoms with van der Waals surface area (Å²) in [5.41, 5.74) is 2.29. The molecule has 0 radical (unpaired) electrons. The standard InChI is InChI=1S/C18H18N6O2S2/c1-12(25)21-13-6-4-7-14(9-13)22-17-23-24-18(28-17)27-11-16(26)20-10-15-5-2-3-8-19-15/h2-9H,10-11H2,1H3,(H,20,26)(H,21,25)(H,22,23). The molecular weight excluding hydrogens is 396 g/mol. The summed E-state index contributed by atoms with van der Waals surface area (Å²) in [6.07, 6.45) is 1.69. The van der Waals surface area contributed by atoms with E-state index in [2.05, 4.69) is 31.1 Å². The summed E-state index contributed by atoms with van der Waals surface area (Å²) >= 11 is 2.68. The van der Waals surface area contributed by atoms with E-state index >= 15 is 0 Å². The largest absolute Gasteiger partial charge is 0.350 e. The van der Waals surface area contributed by atoms with Crippen LogP contribution in [0.15, 0.2) is 53.0 Å². The van der Waals surface area contributed by atoms with Gasteiger partial charge in [0.2, 0.25) is 16.9 Å². The summed E-state index contributed by atoms with van der Waals surface area (Å²) in [7, 11) is 0. The Morgan fingerprint density at radius 2 is 1.96 bits per heavy atom. The van der Waals surface area contributed by atoms with E-state index < -0.39 is 0 Å². The van der Waals surface area contributed by atoms with Crippen LogP contribution in [0.25, 0.3) is 0 Å². The number of rotatable bonds is 8. The van der Waals surface area contributed by atoms with E-state index in [4.69, 9.17) is 0 Å². The molecule has 0 spiro atoms. The van der Waals surface area contributed by atoms with Crippen LogP contribution in [0.3, 0.4) is 0 Å². The smallest absolute Gasteiger partial charge is 0.230 e. The first-order valence-electron chi connectivity index (χ1n) is 8.36. The minimum absolute atomic E-state index is 0.0941. The molecule has 144 valence electrons. The van der Waals surface area contributed by atoms with Gasteiger partial charge >= 0.3 is 0 Å². The minimum Gasteiger partial charge on any atom is -0.350 e. The highest BCUT2D eigenvalue weighted by molar-refractivity contribution is 8.01. The van der Waals surface area contributed by atoms with Crippen molar-refractivity contribution in [3.63, 3.8) is 0 Å². The van der Waals surface area contributed by atoms with Crippen LogP contribution in [-0.4, -0.2) is 32.7 Å². The van der Waals surface area contributed by atoms with Crippen LogP contribution >= 0.6 is 23.1 Å². The van der Waals surface area contributed by atoms with Gasteiger partial charge in [-0.3, -0.25) is 14.6 Å². The Bertz CT molecular complexity index is 948. The predicted octanol–water partition coefficient (Wildman–Crippen LogP) is 3.04. The Morgan fingerprint density at radius 3 is 2.75 bits per heavy atom. The monoisotopic (exact) mass is 414 g/mol. The molecule has 0 saturated heterocycles. The summed E-state index contributed by atoms with van der Waals surface area (Å²) in [4.78, 5) is 27.3. The zero-order valence-corrected chi connectivity index (χ0v) is 16.6. The number of aromatic nitrogens is 3. The fraction of sp³-hybridized carbons (Fsp3) is 0.167. The minimum atomic E-state index is -0.131. The number of hydrogen-bond acceptors (Lipinski definition) is 8. The fourth-order valence-corrected chi connectivity index (χ4v) is 3.79. The number of carbonyl (C=O) groups excluding carboxylic acids is 2. The Balaban J connectivity index is 1.47. The lowest BCUT2D eigenvalue weighted by molar-refractivity contribution is -0.118. The molecule has 2 amide bonds. The van der Waals surface area contributed by atoms with Gasteiger partial charge in [-0.25, -0.2) is 0 Å². The molecule has 8 nitrogen and oxygen atoms in total. The predicted molar refractivity (Wildman–Crippen MR) is 111 cm³/mol. The average Bonchev–Trinajstić information content (AvgIpc) is 3.12. The van der Waals surface area contributed by atoms with Crippen molar-refractivity contribution in [1.29, 1.82) is 0 Å². The second-order valence-electron chi connectivity index (χ2n) is 5.65. The van der Waals surface area contributed by atoms with Gasteiger partial charge in [0.1, 0.15) is 0 Å². The molecule has 0 fully saturated rings. The molecule has 28 heavy (non-hydrogen) atoms. The topological polar surface area (TPSA) is 109 Å². The van der Waals surface area contributed by atoms with Gasteiger partial charge in [-0.2, -0.15) is 0 Å². The van der Waals surface area contributed by atoms with Crippen molar-refractivity contribution in [2.75, 3.05) is 16.4 Å². The van der Waals surface area contributed by atoms with Crippen molar-refractivity contribution < 1.29 is 9.59 Å². The molecule has 3 N–H and O–H groups in total. The van der Waals surface area contributed by atoms with Crippen LogP contribution in [0.2, 0.25) is 0 Å². The molecule has 0 bridgehead atoms. The Hall–Kier alpha value is -2.98. The van der Waals surface area contributed by atoms with Crippen LogP contribution < -0.4 is 16.0 Å². The van der Waals surface area contributed by atoms with Crippen molar-refractivity contribution in [2.24, 2.45) is 0 Å². The van der Waals surface area contributed by atoms with E-state index in [0.29, 0.717) is 21.7 Å². The van der Waals surface area contributed by atoms with E-state index in [0.717, 1.165) is 11.4 Å². The highest BCUT2D eigenvalue weighted by atomic mass is 32.2. The number of nitrogens with one attached hydrogen (secondary N) is 3. The lowest BCUT2D eigenvalue weighted by Crippen LogP contribution is -2.24. The molecular formula is C18H18N6O2S2. The molecule has 1 aromatic carbocycles. The number of benzene rings is 1. The Labute approximate surface area is 170 Å². The fourth-order valence-electron chi connectivity index (χ4n) is 2.19. The number of anilines is 3. The van der Waals surface area contributed by atoms with Gasteiger partial charge in [-0.05, 0) is 30.3 Å². The second-order valence-corrected chi connectivity index (χ2v) is 7.85. The highest BCUT2D eigenvalue weighted by Crippen LogP contribution is 2.28. The summed E-state index contributed by atoms with van der Waals surface area (Å²) in [5.74, 6) is 0.0240. The molecule has 3 rings (SSSR count). The van der Waals surface area contributed by atoms with Crippen LogP contribution in [0.5, 0.6) is 0 Å². The number of nitrogens with zero attached hydrogens (tertiary/aromatic N) is 3. The molecule has 0 aliphatic carbocycles. The van der Waals surface area contributed by atoms with E-state index in [1.54, 1.807) is 18.3 Å². The maximum atomic E-state index is 12.0. The number of thioether (sulfide) groups is 1. The van der Waals surface area contributed by atoms with E-state index in [-0.39, 0.29) is 17.6 Å². The third-order valence-electron chi connectivity index (χ3n) is 3.36. The maximum absolute atomic E-state index is 12.0. The lowest BCUT2D eigenvalue weighted by atomic mass is 10.3. The van der Waals surface area contributed by atoms with Crippen LogP contribution in [0.4, 0.5) is 16.5 Å². The lowest BCUT2D eigenvalue weighted by Gasteiger charge is -2.05. The molecule has 3 aromatic rings. The first-order valence-corrected chi connectivity index (χ1v) is 10.2. The SMILES string of the molecule is CC(=O)Nc1cccc(Nc2nnc(SCC(=O)NCc3ccccn3)s2)c1. The van der Waals surface area contributed by atoms with Crippen LogP contribution in [0, 0.1) is 0 Å². The number of carbonyl (C=O) groups is 2. The van der Waals surface area contributed by atoms with Gasteiger partial charge in [-0.1, -0.05) is 35.2 Å². The number of amides is 2. The zero-order chi connectivity index (χ0) is 19.8. The molecule has 0 aliphatic rings. The molecule has 0 aliphatic heterocycles. The first-order chi connectivity index (χ1) is 13.6. The van der Waals surface area contributed by atoms with Gasteiger partial charge in [0.25, 0.3) is 0 Å². The third kappa shape index (κ3) is 6.32. The highest BCUT2D eigenvalue weighted by Gasteiger charge is 2.09. The summed E-state index contributed by atoms with van der Waals surface area (Å²) in [6, 6.07) is 12.9. The van der Waals surface area contributed by atoms with Crippen LogP contribution in [-0.2, 0) is 16.1 Å². The van der Waals surface area contributed by atoms with Gasteiger partial charge in [0.15, 0.2) is 4.34 Å². The quantitative estimate of drug-likeness (QED) is 0.486. The molecule has 0 atom stereocenters. The molecule has 10 heteroatoms. The normalized spacial score (nSPS) is 10.3. The van der Waals surface area contributed by atoms with Crippen LogP contribution in [0.1, 0.15) is 12.6 Å². The van der Waals surface area contributed by atoms with Crippen molar-refractivity contribution in [3.05, 3.63) is 54.4 Å². The van der Waals surface area contributed by atoms with Crippen molar-refractivity contribution in [2.45, 2.75) is 17.8 Å². The Kier molecular flexibility index (Phi) is 6.93. The first kappa shape index (κ1) is 19.8. The number of pyridine rings is 1. The molecule has 0 unspecified atom stereocenters. The molecule has 2 heterocycles. The average molecular weight is 415 g/mol. The van der Waals surface area contributed by atoms with Gasteiger partial charge in [0, 0.05) is 24.5 Å². The van der Waals surface area contributed by atoms with Crippen molar-refractivity contribution >= 4 is 51.4 Å². The van der Waals surface area contributed by atoms with Crippen molar-refractivity contribution in [3.8, 4) is 0 Å². The third-order valence-corrected chi connectivity index (χ3v) is 5.33. The van der Waals surface area contributed by atoms with E-state index in [9.17, 15) is 9.59 Å². The summed E-state index contributed by atoms with van der Waals surface area (Å²) < 4.78 is 0.688. The second kappa shape index (κ2) is 9.81. The Morgan fingerprint density at radius 1 is 1.11 bits per heavy atom. The molecule has 0 saturated carbocycles. The summed E-state index contributed by atoms with van der Waals surface area (Å²) in [6.45, 7) is 1.86. The van der Waals surface area contributed by atoms with E-state index in [1.807, 2.05) is 30.3 Å². The molecule has 2 aromatic heterocycles. The number of hydrogen-bond donors (Lipinski definition) is 3. The maximum Gasteiger partial charge on any atom is 0.230 e. The van der Waals surface area contributed by atoms with Gasteiger partial charge in [-0.15, -0.1) is 10.2 Å². The van der Waals surface area contributed by atoms with Gasteiger partial charge in [0.05, 0.1) is 18.0 Å². The van der Waals surface area contributed by atoms with E-state index in [1.165, 1.54) is 30.0 Å². The van der Waals surface area contributed by atoms with Gasteiger partial charge < -0.3 is 16.0 Å². The summed E-state index contributed by atoms with van der Waals surface area (Å²) in [5, 5.41) is 17.5. The zero-order valence-electron chi connectivity index (χ0n) is 15.0. The van der Waals surface area contributed by atoms with Crippen molar-refractivity contribution in [1.82, 2.24) is 20.5 Å².